The second kappa shape index (κ2) is 9.33. The lowest BCUT2D eigenvalue weighted by Crippen LogP contribution is -2.39. The van der Waals surface area contributed by atoms with Gasteiger partial charge in [-0.15, -0.1) is 0 Å². The van der Waals surface area contributed by atoms with Gasteiger partial charge < -0.3 is 9.80 Å². The Morgan fingerprint density at radius 3 is 2.68 bits per heavy atom. The summed E-state index contributed by atoms with van der Waals surface area (Å²) in [4.78, 5) is 21.6. The second-order valence-corrected chi connectivity index (χ2v) is 8.55. The number of carbonyl (C=O) groups is 1. The summed E-state index contributed by atoms with van der Waals surface area (Å²) in [5.74, 6) is 0.216. The molecule has 1 unspecified atom stereocenters. The van der Waals surface area contributed by atoms with E-state index in [4.69, 9.17) is 0 Å². The normalized spacial score (nSPS) is 16.4. The fourth-order valence-corrected chi connectivity index (χ4v) is 4.43. The number of anilines is 1. The summed E-state index contributed by atoms with van der Waals surface area (Å²) in [5.41, 5.74) is 6.71. The number of amides is 1. The van der Waals surface area contributed by atoms with Crippen molar-refractivity contribution in [2.75, 3.05) is 25.5 Å². The fourth-order valence-electron chi connectivity index (χ4n) is 4.43. The maximum absolute atomic E-state index is 13.2. The van der Waals surface area contributed by atoms with Crippen LogP contribution in [0.1, 0.15) is 48.5 Å². The number of benzene rings is 1. The van der Waals surface area contributed by atoms with E-state index in [0.717, 1.165) is 54.6 Å². The Morgan fingerprint density at radius 2 is 1.94 bits per heavy atom. The third kappa shape index (κ3) is 4.63. The predicted molar refractivity (Wildman–Crippen MR) is 124 cm³/mol. The average Bonchev–Trinajstić information content (AvgIpc) is 3.27. The second-order valence-electron chi connectivity index (χ2n) is 8.55. The Labute approximate surface area is 184 Å². The molecule has 1 saturated heterocycles. The summed E-state index contributed by atoms with van der Waals surface area (Å²) in [5, 5.41) is 7.54. The van der Waals surface area contributed by atoms with Gasteiger partial charge in [0, 0.05) is 50.7 Å². The number of likely N-dealkylation sites (tertiary alicyclic amines) is 1. The van der Waals surface area contributed by atoms with Crippen molar-refractivity contribution in [1.29, 1.82) is 0 Å². The zero-order valence-corrected chi connectivity index (χ0v) is 18.6. The van der Waals surface area contributed by atoms with E-state index in [9.17, 15) is 4.79 Å². The van der Waals surface area contributed by atoms with Gasteiger partial charge in [-0.1, -0.05) is 12.1 Å². The number of hydrogen-bond donors (Lipinski definition) is 1. The molecular weight excluding hydrogens is 386 g/mol. The molecule has 0 saturated carbocycles. The SMILES string of the molecule is Cc1cnccc1-c1cn[nH]c1C1CCCCN1C(=O)CCc1ccc(N(C)C)cc1. The summed E-state index contributed by atoms with van der Waals surface area (Å²) in [6.07, 6.45) is 9.97. The lowest BCUT2D eigenvalue weighted by Gasteiger charge is -2.36. The van der Waals surface area contributed by atoms with Crippen LogP contribution in [0.2, 0.25) is 0 Å². The molecule has 3 heterocycles. The highest BCUT2D eigenvalue weighted by Crippen LogP contribution is 2.36. The van der Waals surface area contributed by atoms with Crippen molar-refractivity contribution in [1.82, 2.24) is 20.1 Å². The van der Waals surface area contributed by atoms with Gasteiger partial charge in [-0.3, -0.25) is 14.9 Å². The van der Waals surface area contributed by atoms with Crippen LogP contribution in [0.15, 0.2) is 48.9 Å². The van der Waals surface area contributed by atoms with Gasteiger partial charge in [0.05, 0.1) is 17.9 Å². The quantitative estimate of drug-likeness (QED) is 0.640. The van der Waals surface area contributed by atoms with Gasteiger partial charge in [-0.25, -0.2) is 0 Å². The first-order valence-electron chi connectivity index (χ1n) is 11.0. The van der Waals surface area contributed by atoms with Crippen molar-refractivity contribution < 1.29 is 4.79 Å². The molecule has 0 spiro atoms. The van der Waals surface area contributed by atoms with Crippen LogP contribution in [-0.4, -0.2) is 46.6 Å². The van der Waals surface area contributed by atoms with Crippen LogP contribution in [0.3, 0.4) is 0 Å². The molecule has 1 aliphatic rings. The molecule has 0 radical (unpaired) electrons. The van der Waals surface area contributed by atoms with Gasteiger partial charge in [-0.05, 0) is 67.5 Å². The van der Waals surface area contributed by atoms with E-state index in [1.807, 2.05) is 38.8 Å². The Kier molecular flexibility index (Phi) is 6.35. The van der Waals surface area contributed by atoms with Crippen LogP contribution in [-0.2, 0) is 11.2 Å². The van der Waals surface area contributed by atoms with Crippen LogP contribution in [0.25, 0.3) is 11.1 Å². The molecule has 1 atom stereocenters. The maximum Gasteiger partial charge on any atom is 0.223 e. The lowest BCUT2D eigenvalue weighted by atomic mass is 9.93. The van der Waals surface area contributed by atoms with E-state index >= 15 is 0 Å². The standard InChI is InChI=1S/C25H31N5O/c1-18-16-26-14-13-21(18)22-17-27-28-25(22)23-6-4-5-15-30(23)24(31)12-9-19-7-10-20(11-8-19)29(2)3/h7-8,10-11,13-14,16-17,23H,4-6,9,12,15H2,1-3H3,(H,27,28). The smallest absolute Gasteiger partial charge is 0.223 e. The van der Waals surface area contributed by atoms with Crippen LogP contribution < -0.4 is 4.90 Å². The number of aryl methyl sites for hydroxylation is 2. The van der Waals surface area contributed by atoms with Crippen LogP contribution in [0, 0.1) is 6.92 Å². The van der Waals surface area contributed by atoms with Crippen molar-refractivity contribution in [3.8, 4) is 11.1 Å². The van der Waals surface area contributed by atoms with E-state index in [-0.39, 0.29) is 11.9 Å². The molecule has 31 heavy (non-hydrogen) atoms. The molecule has 6 nitrogen and oxygen atoms in total. The summed E-state index contributed by atoms with van der Waals surface area (Å²) in [7, 11) is 4.07. The molecule has 3 aromatic rings. The van der Waals surface area contributed by atoms with Crippen LogP contribution in [0.5, 0.6) is 0 Å². The Balaban J connectivity index is 1.50. The summed E-state index contributed by atoms with van der Waals surface area (Å²) >= 11 is 0. The van der Waals surface area contributed by atoms with Gasteiger partial charge in [0.1, 0.15) is 0 Å². The lowest BCUT2D eigenvalue weighted by molar-refractivity contribution is -0.135. The Bertz CT molecular complexity index is 1020. The van der Waals surface area contributed by atoms with Crippen molar-refractivity contribution in [2.45, 2.75) is 45.1 Å². The number of H-pyrrole nitrogens is 1. The third-order valence-electron chi connectivity index (χ3n) is 6.22. The molecule has 1 amide bonds. The number of carbonyl (C=O) groups excluding carboxylic acids is 1. The van der Waals surface area contributed by atoms with Crippen LogP contribution >= 0.6 is 0 Å². The molecule has 6 heteroatoms. The van der Waals surface area contributed by atoms with E-state index in [1.54, 1.807) is 0 Å². The van der Waals surface area contributed by atoms with Gasteiger partial charge in [0.15, 0.2) is 0 Å². The fraction of sp³-hybridized carbons (Fsp3) is 0.400. The Hall–Kier alpha value is -3.15. The highest BCUT2D eigenvalue weighted by Gasteiger charge is 2.31. The molecule has 1 fully saturated rings. The summed E-state index contributed by atoms with van der Waals surface area (Å²) in [6.45, 7) is 2.86. The highest BCUT2D eigenvalue weighted by atomic mass is 16.2. The van der Waals surface area contributed by atoms with Gasteiger partial charge in [-0.2, -0.15) is 5.10 Å². The first-order chi connectivity index (χ1) is 15.0. The minimum absolute atomic E-state index is 0.0439. The molecule has 162 valence electrons. The molecule has 0 bridgehead atoms. The average molecular weight is 418 g/mol. The number of nitrogens with one attached hydrogen (secondary N) is 1. The number of nitrogens with zero attached hydrogens (tertiary/aromatic N) is 4. The van der Waals surface area contributed by atoms with Crippen molar-refractivity contribution in [2.24, 2.45) is 0 Å². The number of hydrogen-bond acceptors (Lipinski definition) is 4. The molecule has 4 rings (SSSR count). The van der Waals surface area contributed by atoms with E-state index < -0.39 is 0 Å². The zero-order valence-electron chi connectivity index (χ0n) is 18.6. The van der Waals surface area contributed by atoms with E-state index in [1.165, 1.54) is 11.3 Å². The third-order valence-corrected chi connectivity index (χ3v) is 6.22. The first-order valence-corrected chi connectivity index (χ1v) is 11.0. The number of pyridine rings is 1. The molecule has 2 aromatic heterocycles. The summed E-state index contributed by atoms with van der Waals surface area (Å²) in [6, 6.07) is 10.5. The number of aromatic amines is 1. The summed E-state index contributed by atoms with van der Waals surface area (Å²) < 4.78 is 0. The van der Waals surface area contributed by atoms with Gasteiger partial charge >= 0.3 is 0 Å². The topological polar surface area (TPSA) is 65.1 Å². The van der Waals surface area contributed by atoms with Crippen molar-refractivity contribution in [3.63, 3.8) is 0 Å². The minimum atomic E-state index is 0.0439. The van der Waals surface area contributed by atoms with Gasteiger partial charge in [0.25, 0.3) is 0 Å². The minimum Gasteiger partial charge on any atom is -0.378 e. The Morgan fingerprint density at radius 1 is 1.13 bits per heavy atom. The molecule has 1 aliphatic heterocycles. The predicted octanol–water partition coefficient (Wildman–Crippen LogP) is 4.53. The van der Waals surface area contributed by atoms with Crippen LogP contribution in [0.4, 0.5) is 5.69 Å². The molecule has 1 aromatic carbocycles. The molecular formula is C25H31N5O. The number of aromatic nitrogens is 3. The first kappa shape index (κ1) is 21.1. The van der Waals surface area contributed by atoms with Crippen molar-refractivity contribution in [3.05, 3.63) is 65.7 Å². The highest BCUT2D eigenvalue weighted by molar-refractivity contribution is 5.78. The monoisotopic (exact) mass is 417 g/mol. The molecule has 0 aliphatic carbocycles. The van der Waals surface area contributed by atoms with Crippen molar-refractivity contribution >= 4 is 11.6 Å². The zero-order chi connectivity index (χ0) is 21.8. The van der Waals surface area contributed by atoms with E-state index in [0.29, 0.717) is 6.42 Å². The maximum atomic E-state index is 13.2. The van der Waals surface area contributed by atoms with E-state index in [2.05, 4.69) is 56.2 Å². The molecule has 1 N–H and O–H groups in total. The number of piperidine rings is 1. The number of rotatable bonds is 6. The van der Waals surface area contributed by atoms with Gasteiger partial charge in [0.2, 0.25) is 5.91 Å². The largest absolute Gasteiger partial charge is 0.378 e.